The maximum Gasteiger partial charge on any atom is 0.240 e. The second-order valence-corrected chi connectivity index (χ2v) is 6.99. The topological polar surface area (TPSA) is 58.2 Å². The maximum absolute atomic E-state index is 13.2. The molecule has 0 aliphatic carbocycles. The van der Waals surface area contributed by atoms with Crippen molar-refractivity contribution in [2.75, 3.05) is 6.54 Å². The second-order valence-electron chi connectivity index (χ2n) is 6.01. The van der Waals surface area contributed by atoms with Gasteiger partial charge in [-0.1, -0.05) is 48.5 Å². The van der Waals surface area contributed by atoms with Gasteiger partial charge in [-0.05, 0) is 34.7 Å². The molecular formula is C21H19FN2O2S. The van der Waals surface area contributed by atoms with Crippen molar-refractivity contribution >= 4 is 23.2 Å². The van der Waals surface area contributed by atoms with Gasteiger partial charge in [-0.25, -0.2) is 4.39 Å². The average molecular weight is 382 g/mol. The van der Waals surface area contributed by atoms with Gasteiger partial charge in [-0.3, -0.25) is 9.59 Å². The molecule has 2 N–H and O–H groups in total. The van der Waals surface area contributed by atoms with E-state index in [-0.39, 0.29) is 36.6 Å². The molecule has 138 valence electrons. The number of amides is 2. The van der Waals surface area contributed by atoms with Crippen LogP contribution in [0.1, 0.15) is 22.0 Å². The summed E-state index contributed by atoms with van der Waals surface area (Å²) in [7, 11) is 0. The van der Waals surface area contributed by atoms with Crippen LogP contribution < -0.4 is 10.6 Å². The highest BCUT2D eigenvalue weighted by atomic mass is 32.1. The highest BCUT2D eigenvalue weighted by molar-refractivity contribution is 7.10. The fourth-order valence-electron chi connectivity index (χ4n) is 2.66. The molecule has 0 radical (unpaired) electrons. The third-order valence-corrected chi connectivity index (χ3v) is 4.93. The number of nitrogens with one attached hydrogen (secondary N) is 2. The van der Waals surface area contributed by atoms with Gasteiger partial charge in [0.15, 0.2) is 0 Å². The number of halogens is 1. The van der Waals surface area contributed by atoms with Crippen molar-refractivity contribution < 1.29 is 14.0 Å². The number of rotatable bonds is 7. The molecule has 2 aromatic carbocycles. The SMILES string of the molecule is O=C(Cc1ccccc1)NCC(=O)NC(c1ccc(F)cc1)c1cccs1. The first-order valence-corrected chi connectivity index (χ1v) is 9.38. The van der Waals surface area contributed by atoms with Crippen LogP contribution in [0.4, 0.5) is 4.39 Å². The van der Waals surface area contributed by atoms with Gasteiger partial charge in [0.25, 0.3) is 0 Å². The molecule has 1 aromatic heterocycles. The van der Waals surface area contributed by atoms with Gasteiger partial charge in [0.2, 0.25) is 11.8 Å². The molecule has 2 amide bonds. The molecule has 3 rings (SSSR count). The predicted molar refractivity (Wildman–Crippen MR) is 104 cm³/mol. The molecule has 3 aromatic rings. The molecule has 1 heterocycles. The van der Waals surface area contributed by atoms with E-state index in [9.17, 15) is 14.0 Å². The Kier molecular flexibility index (Phi) is 6.33. The summed E-state index contributed by atoms with van der Waals surface area (Å²) in [5.74, 6) is -0.854. The first kappa shape index (κ1) is 18.8. The molecule has 0 aliphatic rings. The lowest BCUT2D eigenvalue weighted by molar-refractivity contribution is -0.126. The van der Waals surface area contributed by atoms with Gasteiger partial charge in [0.05, 0.1) is 19.0 Å². The van der Waals surface area contributed by atoms with Gasteiger partial charge in [-0.2, -0.15) is 0 Å². The van der Waals surface area contributed by atoms with Gasteiger partial charge in [0.1, 0.15) is 5.82 Å². The molecule has 0 bridgehead atoms. The van der Waals surface area contributed by atoms with Crippen LogP contribution in [0.15, 0.2) is 72.1 Å². The predicted octanol–water partition coefficient (Wildman–Crippen LogP) is 3.45. The summed E-state index contributed by atoms with van der Waals surface area (Å²) in [4.78, 5) is 25.3. The largest absolute Gasteiger partial charge is 0.347 e. The third-order valence-electron chi connectivity index (χ3n) is 3.99. The van der Waals surface area contributed by atoms with Gasteiger partial charge >= 0.3 is 0 Å². The summed E-state index contributed by atoms with van der Waals surface area (Å²) in [6.07, 6.45) is 0.223. The van der Waals surface area contributed by atoms with E-state index in [2.05, 4.69) is 10.6 Å². The van der Waals surface area contributed by atoms with E-state index in [1.165, 1.54) is 23.5 Å². The van der Waals surface area contributed by atoms with Gasteiger partial charge in [0, 0.05) is 4.88 Å². The van der Waals surface area contributed by atoms with Gasteiger partial charge < -0.3 is 10.6 Å². The first-order chi connectivity index (χ1) is 13.1. The zero-order chi connectivity index (χ0) is 19.1. The quantitative estimate of drug-likeness (QED) is 0.658. The molecule has 0 fully saturated rings. The third kappa shape index (κ3) is 5.49. The zero-order valence-electron chi connectivity index (χ0n) is 14.5. The Bertz CT molecular complexity index is 880. The Morgan fingerprint density at radius 1 is 0.926 bits per heavy atom. The number of carbonyl (C=O) groups excluding carboxylic acids is 2. The van der Waals surface area contributed by atoms with E-state index < -0.39 is 0 Å². The Morgan fingerprint density at radius 3 is 2.33 bits per heavy atom. The fourth-order valence-corrected chi connectivity index (χ4v) is 3.47. The molecule has 27 heavy (non-hydrogen) atoms. The van der Waals surface area contributed by atoms with Crippen LogP contribution in [0.5, 0.6) is 0 Å². The summed E-state index contributed by atoms with van der Waals surface area (Å²) >= 11 is 1.50. The Balaban J connectivity index is 1.59. The van der Waals surface area contributed by atoms with Crippen LogP contribution in [0.2, 0.25) is 0 Å². The van der Waals surface area contributed by atoms with Crippen LogP contribution >= 0.6 is 11.3 Å². The van der Waals surface area contributed by atoms with E-state index in [4.69, 9.17) is 0 Å². The lowest BCUT2D eigenvalue weighted by Crippen LogP contribution is -2.39. The van der Waals surface area contributed by atoms with Crippen LogP contribution in [0.25, 0.3) is 0 Å². The van der Waals surface area contributed by atoms with Crippen LogP contribution in [0, 0.1) is 5.82 Å². The van der Waals surface area contributed by atoms with Crippen molar-refractivity contribution in [2.24, 2.45) is 0 Å². The Labute approximate surface area is 161 Å². The first-order valence-electron chi connectivity index (χ1n) is 8.50. The summed E-state index contributed by atoms with van der Waals surface area (Å²) in [6, 6.07) is 18.8. The van der Waals surface area contributed by atoms with Crippen molar-refractivity contribution in [3.63, 3.8) is 0 Å². The molecule has 0 saturated carbocycles. The number of thiophene rings is 1. The van der Waals surface area contributed by atoms with E-state index in [0.717, 1.165) is 16.0 Å². The number of hydrogen-bond acceptors (Lipinski definition) is 3. The molecule has 4 nitrogen and oxygen atoms in total. The normalized spacial score (nSPS) is 11.6. The highest BCUT2D eigenvalue weighted by Gasteiger charge is 2.18. The molecular weight excluding hydrogens is 363 g/mol. The summed E-state index contributed by atoms with van der Waals surface area (Å²) < 4.78 is 13.2. The maximum atomic E-state index is 13.2. The van der Waals surface area contributed by atoms with Crippen molar-refractivity contribution in [3.05, 3.63) is 93.9 Å². The van der Waals surface area contributed by atoms with Gasteiger partial charge in [-0.15, -0.1) is 11.3 Å². The summed E-state index contributed by atoms with van der Waals surface area (Å²) in [5.41, 5.74) is 1.67. The molecule has 0 spiro atoms. The van der Waals surface area contributed by atoms with Crippen molar-refractivity contribution in [1.82, 2.24) is 10.6 Å². The number of hydrogen-bond donors (Lipinski definition) is 2. The molecule has 0 aliphatic heterocycles. The number of benzene rings is 2. The molecule has 0 saturated heterocycles. The Morgan fingerprint density at radius 2 is 1.67 bits per heavy atom. The highest BCUT2D eigenvalue weighted by Crippen LogP contribution is 2.26. The summed E-state index contributed by atoms with van der Waals surface area (Å²) in [5, 5.41) is 7.46. The van der Waals surface area contributed by atoms with E-state index in [1.54, 1.807) is 12.1 Å². The minimum Gasteiger partial charge on any atom is -0.347 e. The molecule has 1 atom stereocenters. The lowest BCUT2D eigenvalue weighted by Gasteiger charge is -2.18. The zero-order valence-corrected chi connectivity index (χ0v) is 15.3. The second kappa shape index (κ2) is 9.09. The number of carbonyl (C=O) groups is 2. The van der Waals surface area contributed by atoms with Crippen molar-refractivity contribution in [2.45, 2.75) is 12.5 Å². The molecule has 6 heteroatoms. The van der Waals surface area contributed by atoms with Crippen molar-refractivity contribution in [1.29, 1.82) is 0 Å². The van der Waals surface area contributed by atoms with E-state index >= 15 is 0 Å². The fraction of sp³-hybridized carbons (Fsp3) is 0.143. The smallest absolute Gasteiger partial charge is 0.240 e. The van der Waals surface area contributed by atoms with Crippen LogP contribution in [-0.4, -0.2) is 18.4 Å². The summed E-state index contributed by atoms with van der Waals surface area (Å²) in [6.45, 7) is -0.116. The average Bonchev–Trinajstić information content (AvgIpc) is 3.21. The minimum atomic E-state index is -0.385. The van der Waals surface area contributed by atoms with Crippen molar-refractivity contribution in [3.8, 4) is 0 Å². The van der Waals surface area contributed by atoms with E-state index in [0.29, 0.717) is 0 Å². The lowest BCUT2D eigenvalue weighted by atomic mass is 10.1. The van der Waals surface area contributed by atoms with Crippen LogP contribution in [0.3, 0.4) is 0 Å². The monoisotopic (exact) mass is 382 g/mol. The van der Waals surface area contributed by atoms with Crippen LogP contribution in [-0.2, 0) is 16.0 Å². The minimum absolute atomic E-state index is 0.116. The standard InChI is InChI=1S/C21H19FN2O2S/c22-17-10-8-16(9-11-17)21(18-7-4-12-27-18)24-20(26)14-23-19(25)13-15-5-2-1-3-6-15/h1-12,21H,13-14H2,(H,23,25)(H,24,26). The Hall–Kier alpha value is -2.99. The molecule has 1 unspecified atom stereocenters. The van der Waals surface area contributed by atoms with E-state index in [1.807, 2.05) is 47.8 Å².